The van der Waals surface area contributed by atoms with Gasteiger partial charge in [-0.25, -0.2) is 9.79 Å². The Morgan fingerprint density at radius 2 is 1.82 bits per heavy atom. The van der Waals surface area contributed by atoms with Gasteiger partial charge in [0.2, 0.25) is 5.90 Å². The lowest BCUT2D eigenvalue weighted by atomic mass is 10.1. The molecule has 3 aromatic rings. The van der Waals surface area contributed by atoms with Gasteiger partial charge in [-0.2, -0.15) is 0 Å². The molecule has 3 aromatic carbocycles. The molecule has 0 radical (unpaired) electrons. The smallest absolute Gasteiger partial charge is 0.363 e. The molecule has 0 atom stereocenters. The van der Waals surface area contributed by atoms with Crippen LogP contribution in [0.15, 0.2) is 80.3 Å². The minimum atomic E-state index is -0.547. The zero-order valence-corrected chi connectivity index (χ0v) is 21.4. The molecule has 0 spiro atoms. The van der Waals surface area contributed by atoms with Crippen LogP contribution in [0.2, 0.25) is 5.02 Å². The minimum absolute atomic E-state index is 0.169. The lowest BCUT2D eigenvalue weighted by Gasteiger charge is -2.15. The highest BCUT2D eigenvalue weighted by Crippen LogP contribution is 2.38. The second-order valence-corrected chi connectivity index (χ2v) is 9.17. The number of hydrogen-bond donors (Lipinski definition) is 0. The van der Waals surface area contributed by atoms with Crippen molar-refractivity contribution in [1.29, 1.82) is 0 Å². The van der Waals surface area contributed by atoms with E-state index in [4.69, 9.17) is 25.8 Å². The van der Waals surface area contributed by atoms with Crippen LogP contribution in [0, 0.1) is 0 Å². The van der Waals surface area contributed by atoms with Crippen LogP contribution in [0.5, 0.6) is 11.5 Å². The molecule has 0 saturated carbocycles. The summed E-state index contributed by atoms with van der Waals surface area (Å²) in [6, 6.07) is 18.6. The van der Waals surface area contributed by atoms with E-state index in [1.807, 2.05) is 37.3 Å². The Balaban J connectivity index is 1.61. The van der Waals surface area contributed by atoms with Gasteiger partial charge in [0.15, 0.2) is 17.2 Å². The summed E-state index contributed by atoms with van der Waals surface area (Å²) in [4.78, 5) is 16.7. The summed E-state index contributed by atoms with van der Waals surface area (Å²) in [6.07, 6.45) is 1.64. The minimum Gasteiger partial charge on any atom is -0.490 e. The number of esters is 1. The molecule has 168 valence electrons. The predicted octanol–water partition coefficient (Wildman–Crippen LogP) is 7.19. The summed E-state index contributed by atoms with van der Waals surface area (Å²) in [7, 11) is 0. The van der Waals surface area contributed by atoms with Gasteiger partial charge in [-0.1, -0.05) is 51.8 Å². The van der Waals surface area contributed by atoms with E-state index in [1.54, 1.807) is 36.4 Å². The van der Waals surface area contributed by atoms with Gasteiger partial charge in [0.25, 0.3) is 0 Å². The van der Waals surface area contributed by atoms with Gasteiger partial charge in [-0.05, 0) is 76.5 Å². The molecule has 0 bridgehead atoms. The number of nitrogens with zero attached hydrogens (tertiary/aromatic N) is 1. The Labute approximate surface area is 213 Å². The van der Waals surface area contributed by atoms with Crippen molar-refractivity contribution in [3.05, 3.63) is 97.0 Å². The number of rotatable bonds is 7. The lowest BCUT2D eigenvalue weighted by Crippen LogP contribution is -2.05. The molecular weight excluding hydrogens is 574 g/mol. The molecule has 5 nitrogen and oxygen atoms in total. The van der Waals surface area contributed by atoms with E-state index in [2.05, 4.69) is 36.9 Å². The monoisotopic (exact) mass is 589 g/mol. The molecule has 0 fully saturated rings. The molecule has 8 heteroatoms. The van der Waals surface area contributed by atoms with Crippen molar-refractivity contribution in [2.75, 3.05) is 6.61 Å². The second kappa shape index (κ2) is 10.5. The van der Waals surface area contributed by atoms with Crippen molar-refractivity contribution < 1.29 is 19.0 Å². The number of aliphatic imine (C=N–C) groups is 1. The van der Waals surface area contributed by atoms with Crippen LogP contribution in [-0.4, -0.2) is 18.5 Å². The predicted molar refractivity (Wildman–Crippen MR) is 136 cm³/mol. The zero-order valence-electron chi connectivity index (χ0n) is 17.5. The third kappa shape index (κ3) is 5.66. The summed E-state index contributed by atoms with van der Waals surface area (Å²) < 4.78 is 18.9. The highest BCUT2D eigenvalue weighted by atomic mass is 79.9. The van der Waals surface area contributed by atoms with E-state index >= 15 is 0 Å². The fourth-order valence-electron chi connectivity index (χ4n) is 3.13. The average molecular weight is 592 g/mol. The maximum atomic E-state index is 12.4. The number of carbonyl (C=O) groups is 1. The van der Waals surface area contributed by atoms with Gasteiger partial charge in [0.05, 0.1) is 21.7 Å². The van der Waals surface area contributed by atoms with E-state index in [1.165, 1.54) is 0 Å². The number of ether oxygens (including phenoxy) is 3. The maximum absolute atomic E-state index is 12.4. The fraction of sp³-hybridized carbons (Fsp3) is 0.120. The van der Waals surface area contributed by atoms with Crippen molar-refractivity contribution in [3.63, 3.8) is 0 Å². The molecule has 1 aliphatic rings. The average Bonchev–Trinajstić information content (AvgIpc) is 3.15. The zero-order chi connectivity index (χ0) is 23.4. The lowest BCUT2D eigenvalue weighted by molar-refractivity contribution is -0.129. The van der Waals surface area contributed by atoms with Crippen LogP contribution in [0.1, 0.15) is 23.6 Å². The summed E-state index contributed by atoms with van der Waals surface area (Å²) in [5.41, 5.74) is 2.46. The Bertz CT molecular complexity index is 1260. The first-order chi connectivity index (χ1) is 15.9. The SMILES string of the molecule is CCOc1cc(/C=C2\N=C(c3ccccc3Cl)OC2=O)cc(Br)c1OCc1ccc(Br)cc1. The van der Waals surface area contributed by atoms with Crippen LogP contribution in [0.25, 0.3) is 6.08 Å². The van der Waals surface area contributed by atoms with Gasteiger partial charge in [0, 0.05) is 4.47 Å². The fourth-order valence-corrected chi connectivity index (χ4v) is 4.18. The van der Waals surface area contributed by atoms with Gasteiger partial charge < -0.3 is 14.2 Å². The molecule has 1 aliphatic heterocycles. The standard InChI is InChI=1S/C25H18Br2ClNO4/c1-2-31-22-13-16(11-19(27)23(22)32-14-15-7-9-17(26)10-8-15)12-21-25(30)33-24(29-21)18-5-3-4-6-20(18)28/h3-13H,2,14H2,1H3/b21-12-. The van der Waals surface area contributed by atoms with Crippen LogP contribution < -0.4 is 9.47 Å². The quantitative estimate of drug-likeness (QED) is 0.216. The number of cyclic esters (lactones) is 1. The van der Waals surface area contributed by atoms with Crippen molar-refractivity contribution in [3.8, 4) is 11.5 Å². The second-order valence-electron chi connectivity index (χ2n) is 6.99. The van der Waals surface area contributed by atoms with Crippen LogP contribution in [-0.2, 0) is 16.1 Å². The van der Waals surface area contributed by atoms with E-state index in [-0.39, 0.29) is 11.6 Å². The van der Waals surface area contributed by atoms with Gasteiger partial charge in [-0.3, -0.25) is 0 Å². The molecule has 1 heterocycles. The van der Waals surface area contributed by atoms with Crippen LogP contribution >= 0.6 is 43.5 Å². The van der Waals surface area contributed by atoms with Crippen molar-refractivity contribution in [2.24, 2.45) is 4.99 Å². The first-order valence-corrected chi connectivity index (χ1v) is 12.0. The molecule has 4 rings (SSSR count). The van der Waals surface area contributed by atoms with Gasteiger partial charge in [-0.15, -0.1) is 0 Å². The molecular formula is C25H18Br2ClNO4. The Morgan fingerprint density at radius 3 is 2.55 bits per heavy atom. The van der Waals surface area contributed by atoms with Gasteiger partial charge in [0.1, 0.15) is 6.61 Å². The van der Waals surface area contributed by atoms with Gasteiger partial charge >= 0.3 is 5.97 Å². The first kappa shape index (κ1) is 23.5. The number of hydrogen-bond acceptors (Lipinski definition) is 5. The maximum Gasteiger partial charge on any atom is 0.363 e. The molecule has 0 N–H and O–H groups in total. The van der Waals surface area contributed by atoms with Crippen molar-refractivity contribution in [1.82, 2.24) is 0 Å². The van der Waals surface area contributed by atoms with Crippen molar-refractivity contribution in [2.45, 2.75) is 13.5 Å². The molecule has 0 amide bonds. The molecule has 33 heavy (non-hydrogen) atoms. The molecule has 0 aliphatic carbocycles. The Hall–Kier alpha value is -2.61. The van der Waals surface area contributed by atoms with Crippen molar-refractivity contribution >= 4 is 61.4 Å². The first-order valence-electron chi connectivity index (χ1n) is 10.1. The largest absolute Gasteiger partial charge is 0.490 e. The highest BCUT2D eigenvalue weighted by molar-refractivity contribution is 9.10. The summed E-state index contributed by atoms with van der Waals surface area (Å²) in [5, 5.41) is 0.457. The summed E-state index contributed by atoms with van der Waals surface area (Å²) in [6.45, 7) is 2.73. The van der Waals surface area contributed by atoms with Crippen LogP contribution in [0.4, 0.5) is 0 Å². The molecule has 0 saturated heterocycles. The van der Waals surface area contributed by atoms with E-state index in [0.717, 1.165) is 10.0 Å². The number of carbonyl (C=O) groups excluding carboxylic acids is 1. The Morgan fingerprint density at radius 1 is 1.06 bits per heavy atom. The highest BCUT2D eigenvalue weighted by Gasteiger charge is 2.25. The van der Waals surface area contributed by atoms with E-state index in [9.17, 15) is 4.79 Å². The summed E-state index contributed by atoms with van der Waals surface area (Å²) >= 11 is 13.2. The third-order valence-electron chi connectivity index (χ3n) is 4.66. The number of benzene rings is 3. The third-order valence-corrected chi connectivity index (χ3v) is 6.10. The van der Waals surface area contributed by atoms with Crippen LogP contribution in [0.3, 0.4) is 0 Å². The topological polar surface area (TPSA) is 57.1 Å². The normalized spacial score (nSPS) is 14.2. The van der Waals surface area contributed by atoms with E-state index in [0.29, 0.717) is 45.3 Å². The molecule has 0 unspecified atom stereocenters. The number of halogens is 3. The van der Waals surface area contributed by atoms with E-state index < -0.39 is 5.97 Å². The Kier molecular flexibility index (Phi) is 7.53. The molecule has 0 aromatic heterocycles. The summed E-state index contributed by atoms with van der Waals surface area (Å²) in [5.74, 6) is 0.763.